The SMILES string of the molecule is CC1CCN(c2nc(-c3ccccc3)nc3c2CN(C(=O)c2ccc4ccccc4c2)CC3)CC1. The van der Waals surface area contributed by atoms with Gasteiger partial charge in [-0.25, -0.2) is 9.97 Å². The molecule has 6 rings (SSSR count). The number of hydrogen-bond acceptors (Lipinski definition) is 4. The van der Waals surface area contributed by atoms with Crippen molar-refractivity contribution in [2.45, 2.75) is 32.7 Å². The molecule has 1 aromatic heterocycles. The first kappa shape index (κ1) is 21.8. The molecule has 0 radical (unpaired) electrons. The summed E-state index contributed by atoms with van der Waals surface area (Å²) in [7, 11) is 0. The molecular formula is C30H30N4O. The van der Waals surface area contributed by atoms with Crippen molar-refractivity contribution >= 4 is 22.5 Å². The zero-order chi connectivity index (χ0) is 23.8. The Morgan fingerprint density at radius 1 is 0.857 bits per heavy atom. The third kappa shape index (κ3) is 4.27. The Kier molecular flexibility index (Phi) is 5.69. The van der Waals surface area contributed by atoms with Crippen molar-refractivity contribution in [2.75, 3.05) is 24.5 Å². The first-order valence-corrected chi connectivity index (χ1v) is 12.6. The number of fused-ring (bicyclic) bond motifs is 2. The van der Waals surface area contributed by atoms with Crippen LogP contribution in [0.15, 0.2) is 72.8 Å². The highest BCUT2D eigenvalue weighted by molar-refractivity contribution is 5.98. The highest BCUT2D eigenvalue weighted by Crippen LogP contribution is 2.32. The van der Waals surface area contributed by atoms with Crippen molar-refractivity contribution in [3.63, 3.8) is 0 Å². The van der Waals surface area contributed by atoms with Crippen LogP contribution >= 0.6 is 0 Å². The van der Waals surface area contributed by atoms with E-state index in [0.717, 1.165) is 70.2 Å². The van der Waals surface area contributed by atoms with Crippen LogP contribution in [0.5, 0.6) is 0 Å². The number of amides is 1. The Hall–Kier alpha value is -3.73. The van der Waals surface area contributed by atoms with E-state index in [4.69, 9.17) is 9.97 Å². The number of piperidine rings is 1. The standard InChI is InChI=1S/C30H30N4O/c1-21-13-16-33(17-14-21)29-26-20-34(30(35)25-12-11-22-7-5-6-10-24(22)19-25)18-15-27(26)31-28(32-29)23-8-3-2-4-9-23/h2-12,19,21H,13-18,20H2,1H3. The van der Waals surface area contributed by atoms with Crippen LogP contribution in [0, 0.1) is 5.92 Å². The fraction of sp³-hybridized carbons (Fsp3) is 0.300. The van der Waals surface area contributed by atoms with Crippen LogP contribution in [-0.4, -0.2) is 40.4 Å². The molecule has 0 N–H and O–H groups in total. The van der Waals surface area contributed by atoms with E-state index in [1.165, 1.54) is 12.8 Å². The number of rotatable bonds is 3. The molecule has 0 unspecified atom stereocenters. The number of anilines is 1. The molecule has 5 heteroatoms. The van der Waals surface area contributed by atoms with Crippen molar-refractivity contribution in [2.24, 2.45) is 5.92 Å². The van der Waals surface area contributed by atoms with Crippen LogP contribution < -0.4 is 4.90 Å². The third-order valence-corrected chi connectivity index (χ3v) is 7.44. The molecule has 0 atom stereocenters. The van der Waals surface area contributed by atoms with Gasteiger partial charge in [0.1, 0.15) is 5.82 Å². The van der Waals surface area contributed by atoms with Crippen LogP contribution in [-0.2, 0) is 13.0 Å². The van der Waals surface area contributed by atoms with Gasteiger partial charge in [-0.2, -0.15) is 0 Å². The lowest BCUT2D eigenvalue weighted by atomic mass is 9.97. The van der Waals surface area contributed by atoms with Crippen molar-refractivity contribution in [1.29, 1.82) is 0 Å². The summed E-state index contributed by atoms with van der Waals surface area (Å²) in [6, 6.07) is 24.4. The number of hydrogen-bond donors (Lipinski definition) is 0. The lowest BCUT2D eigenvalue weighted by Crippen LogP contribution is -2.40. The Bertz CT molecular complexity index is 1380. The zero-order valence-electron chi connectivity index (χ0n) is 20.2. The van der Waals surface area contributed by atoms with Gasteiger partial charge in [0, 0.05) is 42.7 Å². The van der Waals surface area contributed by atoms with Crippen LogP contribution in [0.4, 0.5) is 5.82 Å². The first-order valence-electron chi connectivity index (χ1n) is 12.6. The molecule has 0 spiro atoms. The van der Waals surface area contributed by atoms with Crippen molar-refractivity contribution in [3.05, 3.63) is 89.6 Å². The van der Waals surface area contributed by atoms with E-state index in [1.54, 1.807) is 0 Å². The first-order chi connectivity index (χ1) is 17.2. The molecule has 176 valence electrons. The number of carbonyl (C=O) groups excluding carboxylic acids is 1. The van der Waals surface area contributed by atoms with E-state index in [2.05, 4.69) is 36.1 Å². The fourth-order valence-electron chi connectivity index (χ4n) is 5.27. The van der Waals surface area contributed by atoms with Gasteiger partial charge >= 0.3 is 0 Å². The third-order valence-electron chi connectivity index (χ3n) is 7.44. The smallest absolute Gasteiger partial charge is 0.254 e. The predicted molar refractivity (Wildman–Crippen MR) is 140 cm³/mol. The Labute approximate surface area is 206 Å². The monoisotopic (exact) mass is 462 g/mol. The van der Waals surface area contributed by atoms with Gasteiger partial charge in [-0.15, -0.1) is 0 Å². The minimum atomic E-state index is 0.0757. The van der Waals surface area contributed by atoms with Crippen molar-refractivity contribution in [3.8, 4) is 11.4 Å². The Balaban J connectivity index is 1.35. The molecule has 35 heavy (non-hydrogen) atoms. The van der Waals surface area contributed by atoms with E-state index in [0.29, 0.717) is 13.1 Å². The van der Waals surface area contributed by atoms with Gasteiger partial charge in [0.05, 0.1) is 12.2 Å². The molecule has 2 aliphatic rings. The summed E-state index contributed by atoms with van der Waals surface area (Å²) in [6.45, 7) is 5.54. The highest BCUT2D eigenvalue weighted by atomic mass is 16.2. The summed E-state index contributed by atoms with van der Waals surface area (Å²) in [6.07, 6.45) is 3.08. The van der Waals surface area contributed by atoms with Gasteiger partial charge in [0.2, 0.25) is 0 Å². The molecule has 0 aliphatic carbocycles. The van der Waals surface area contributed by atoms with Gasteiger partial charge in [-0.05, 0) is 41.7 Å². The van der Waals surface area contributed by atoms with E-state index in [1.807, 2.05) is 53.4 Å². The van der Waals surface area contributed by atoms with E-state index < -0.39 is 0 Å². The molecule has 3 aromatic carbocycles. The number of carbonyl (C=O) groups is 1. The summed E-state index contributed by atoms with van der Waals surface area (Å²) in [5, 5.41) is 2.24. The lowest BCUT2D eigenvalue weighted by molar-refractivity contribution is 0.0734. The van der Waals surface area contributed by atoms with Crippen LogP contribution in [0.3, 0.4) is 0 Å². The molecule has 1 fully saturated rings. The molecule has 0 saturated carbocycles. The molecule has 3 heterocycles. The minimum absolute atomic E-state index is 0.0757. The summed E-state index contributed by atoms with van der Waals surface area (Å²) < 4.78 is 0. The summed E-state index contributed by atoms with van der Waals surface area (Å²) in [5.74, 6) is 2.61. The van der Waals surface area contributed by atoms with Crippen molar-refractivity contribution in [1.82, 2.24) is 14.9 Å². The van der Waals surface area contributed by atoms with Gasteiger partial charge in [0.25, 0.3) is 5.91 Å². The van der Waals surface area contributed by atoms with E-state index in [-0.39, 0.29) is 5.91 Å². The molecule has 1 saturated heterocycles. The van der Waals surface area contributed by atoms with Crippen LogP contribution in [0.25, 0.3) is 22.2 Å². The van der Waals surface area contributed by atoms with Crippen molar-refractivity contribution < 1.29 is 4.79 Å². The number of aromatic nitrogens is 2. The predicted octanol–water partition coefficient (Wildman–Crippen LogP) is 5.73. The van der Waals surface area contributed by atoms with Gasteiger partial charge < -0.3 is 9.80 Å². The molecule has 5 nitrogen and oxygen atoms in total. The average molecular weight is 463 g/mol. The molecular weight excluding hydrogens is 432 g/mol. The maximum Gasteiger partial charge on any atom is 0.254 e. The summed E-state index contributed by atoms with van der Waals surface area (Å²) in [4.78, 5) is 28.0. The topological polar surface area (TPSA) is 49.3 Å². The van der Waals surface area contributed by atoms with Gasteiger partial charge in [0.15, 0.2) is 5.82 Å². The zero-order valence-corrected chi connectivity index (χ0v) is 20.2. The number of benzene rings is 3. The second kappa shape index (κ2) is 9.14. The second-order valence-corrected chi connectivity index (χ2v) is 9.87. The normalized spacial score (nSPS) is 16.4. The largest absolute Gasteiger partial charge is 0.356 e. The molecule has 2 aliphatic heterocycles. The lowest BCUT2D eigenvalue weighted by Gasteiger charge is -2.36. The quantitative estimate of drug-likeness (QED) is 0.390. The maximum absolute atomic E-state index is 13.5. The van der Waals surface area contributed by atoms with E-state index >= 15 is 0 Å². The number of nitrogens with zero attached hydrogens (tertiary/aromatic N) is 4. The molecule has 0 bridgehead atoms. The Morgan fingerprint density at radius 3 is 2.40 bits per heavy atom. The molecule has 4 aromatic rings. The molecule has 1 amide bonds. The van der Waals surface area contributed by atoms with Crippen LogP contribution in [0.1, 0.15) is 41.4 Å². The second-order valence-electron chi connectivity index (χ2n) is 9.87. The minimum Gasteiger partial charge on any atom is -0.356 e. The fourth-order valence-corrected chi connectivity index (χ4v) is 5.27. The average Bonchev–Trinajstić information content (AvgIpc) is 2.92. The maximum atomic E-state index is 13.5. The van der Waals surface area contributed by atoms with Gasteiger partial charge in [-0.1, -0.05) is 67.6 Å². The van der Waals surface area contributed by atoms with Crippen LogP contribution in [0.2, 0.25) is 0 Å². The Morgan fingerprint density at radius 2 is 1.60 bits per heavy atom. The highest BCUT2D eigenvalue weighted by Gasteiger charge is 2.29. The summed E-state index contributed by atoms with van der Waals surface area (Å²) >= 11 is 0. The summed E-state index contributed by atoms with van der Waals surface area (Å²) in [5.41, 5.74) is 3.97. The van der Waals surface area contributed by atoms with Gasteiger partial charge in [-0.3, -0.25) is 4.79 Å². The van der Waals surface area contributed by atoms with E-state index in [9.17, 15) is 4.79 Å².